The number of anilines is 1. The third-order valence-electron chi connectivity index (χ3n) is 4.51. The van der Waals surface area contributed by atoms with Crippen molar-refractivity contribution >= 4 is 16.9 Å². The summed E-state index contributed by atoms with van der Waals surface area (Å²) in [6.45, 7) is -0.392. The third kappa shape index (κ3) is 2.47. The molecule has 25 heavy (non-hydrogen) atoms. The fraction of sp³-hybridized carbons (Fsp3) is 0.294. The summed E-state index contributed by atoms with van der Waals surface area (Å²) >= 11 is 0. The van der Waals surface area contributed by atoms with Crippen molar-refractivity contribution in [2.45, 2.75) is 24.5 Å². The second-order valence-corrected chi connectivity index (χ2v) is 6.00. The van der Waals surface area contributed by atoms with E-state index in [4.69, 9.17) is 10.5 Å². The Hall–Kier alpha value is -2.52. The van der Waals surface area contributed by atoms with Crippen molar-refractivity contribution in [3.8, 4) is 11.1 Å². The van der Waals surface area contributed by atoms with E-state index in [1.165, 1.54) is 6.33 Å². The zero-order valence-corrected chi connectivity index (χ0v) is 13.2. The van der Waals surface area contributed by atoms with Crippen LogP contribution in [-0.4, -0.2) is 54.8 Å². The Morgan fingerprint density at radius 3 is 2.56 bits per heavy atom. The molecule has 1 aliphatic heterocycles. The molecule has 0 spiro atoms. The molecule has 0 saturated carbocycles. The van der Waals surface area contributed by atoms with Gasteiger partial charge in [0.1, 0.15) is 36.1 Å². The van der Waals surface area contributed by atoms with Gasteiger partial charge in [0.2, 0.25) is 0 Å². The van der Waals surface area contributed by atoms with Crippen molar-refractivity contribution in [1.82, 2.24) is 14.5 Å². The summed E-state index contributed by atoms with van der Waals surface area (Å²) in [6, 6.07) is 9.59. The predicted octanol–water partition coefficient (Wildman–Crippen LogP) is 0.292. The molecule has 3 aromatic rings. The van der Waals surface area contributed by atoms with E-state index >= 15 is 0 Å². The monoisotopic (exact) mass is 342 g/mol. The summed E-state index contributed by atoms with van der Waals surface area (Å²) in [5.41, 5.74) is 8.27. The lowest BCUT2D eigenvalue weighted by Crippen LogP contribution is -2.33. The van der Waals surface area contributed by atoms with Crippen LogP contribution in [0.3, 0.4) is 0 Å². The molecule has 8 nitrogen and oxygen atoms in total. The van der Waals surface area contributed by atoms with Crippen molar-refractivity contribution in [3.05, 3.63) is 42.9 Å². The molecule has 5 N–H and O–H groups in total. The zero-order chi connectivity index (χ0) is 17.6. The van der Waals surface area contributed by atoms with E-state index < -0.39 is 31.1 Å². The van der Waals surface area contributed by atoms with Gasteiger partial charge in [0.15, 0.2) is 6.23 Å². The Bertz CT molecular complexity index is 898. The Labute approximate surface area is 143 Å². The van der Waals surface area contributed by atoms with Gasteiger partial charge >= 0.3 is 0 Å². The second kappa shape index (κ2) is 6.08. The highest BCUT2D eigenvalue weighted by molar-refractivity contribution is 6.00. The molecule has 0 aliphatic carbocycles. The fourth-order valence-electron chi connectivity index (χ4n) is 3.25. The summed E-state index contributed by atoms with van der Waals surface area (Å²) in [5, 5.41) is 30.3. The van der Waals surface area contributed by atoms with Gasteiger partial charge in [0, 0.05) is 11.8 Å². The molecule has 0 radical (unpaired) electrons. The van der Waals surface area contributed by atoms with Crippen LogP contribution in [0.15, 0.2) is 42.9 Å². The smallest absolute Gasteiger partial charge is 0.164 e. The van der Waals surface area contributed by atoms with E-state index in [9.17, 15) is 15.3 Å². The van der Waals surface area contributed by atoms with Crippen LogP contribution in [0.5, 0.6) is 0 Å². The highest BCUT2D eigenvalue weighted by Gasteiger charge is 2.44. The average molecular weight is 342 g/mol. The van der Waals surface area contributed by atoms with E-state index in [-0.39, 0.29) is 0 Å². The minimum absolute atomic E-state index is 0.314. The first-order chi connectivity index (χ1) is 12.1. The Morgan fingerprint density at radius 1 is 1.12 bits per heavy atom. The van der Waals surface area contributed by atoms with Crippen LogP contribution in [0.25, 0.3) is 22.2 Å². The molecule has 1 saturated heterocycles. The van der Waals surface area contributed by atoms with E-state index in [1.54, 1.807) is 10.8 Å². The van der Waals surface area contributed by atoms with Crippen molar-refractivity contribution in [2.24, 2.45) is 0 Å². The summed E-state index contributed by atoms with van der Waals surface area (Å²) in [4.78, 5) is 8.34. The number of aliphatic hydroxyl groups is 3. The molecule has 1 unspecified atom stereocenters. The maximum Gasteiger partial charge on any atom is 0.164 e. The Kier molecular flexibility index (Phi) is 3.89. The van der Waals surface area contributed by atoms with Crippen molar-refractivity contribution in [1.29, 1.82) is 0 Å². The maximum absolute atomic E-state index is 10.3. The van der Waals surface area contributed by atoms with Crippen LogP contribution in [-0.2, 0) is 4.74 Å². The van der Waals surface area contributed by atoms with Crippen molar-refractivity contribution in [3.63, 3.8) is 0 Å². The minimum atomic E-state index is -1.20. The first kappa shape index (κ1) is 16.0. The number of nitrogen functional groups attached to an aromatic ring is 1. The number of hydrogen-bond donors (Lipinski definition) is 4. The predicted molar refractivity (Wildman–Crippen MR) is 90.4 cm³/mol. The SMILES string of the molecule is Nc1ncnc2c1c(-c1ccccc1)cn2[C@@H]1O[C@H](CO)C(O)[C@@H]1O. The Morgan fingerprint density at radius 2 is 1.88 bits per heavy atom. The van der Waals surface area contributed by atoms with Gasteiger partial charge in [-0.2, -0.15) is 0 Å². The number of aromatic nitrogens is 3. The van der Waals surface area contributed by atoms with Gasteiger partial charge in [-0.05, 0) is 5.56 Å². The summed E-state index contributed by atoms with van der Waals surface area (Å²) < 4.78 is 7.25. The molecule has 4 atom stereocenters. The van der Waals surface area contributed by atoms with Crippen molar-refractivity contribution in [2.75, 3.05) is 12.3 Å². The topological polar surface area (TPSA) is 127 Å². The summed E-state index contributed by atoms with van der Waals surface area (Å²) in [6.07, 6.45) is -1.03. The number of hydrogen-bond acceptors (Lipinski definition) is 7. The number of nitrogens with zero attached hydrogens (tertiary/aromatic N) is 3. The Balaban J connectivity index is 1.90. The van der Waals surface area contributed by atoms with E-state index in [2.05, 4.69) is 9.97 Å². The lowest BCUT2D eigenvalue weighted by Gasteiger charge is -2.17. The molecule has 1 aliphatic rings. The van der Waals surface area contributed by atoms with Gasteiger partial charge in [-0.25, -0.2) is 9.97 Å². The van der Waals surface area contributed by atoms with Gasteiger partial charge in [-0.3, -0.25) is 0 Å². The first-order valence-corrected chi connectivity index (χ1v) is 7.90. The lowest BCUT2D eigenvalue weighted by atomic mass is 10.1. The molecule has 3 heterocycles. The van der Waals surface area contributed by atoms with E-state index in [1.807, 2.05) is 30.3 Å². The number of aliphatic hydroxyl groups excluding tert-OH is 3. The number of nitrogens with two attached hydrogens (primary N) is 1. The quantitative estimate of drug-likeness (QED) is 0.539. The van der Waals surface area contributed by atoms with Gasteiger partial charge in [-0.1, -0.05) is 30.3 Å². The second-order valence-electron chi connectivity index (χ2n) is 6.00. The largest absolute Gasteiger partial charge is 0.394 e. The number of fused-ring (bicyclic) bond motifs is 1. The molecular formula is C17H18N4O4. The van der Waals surface area contributed by atoms with Gasteiger partial charge < -0.3 is 30.4 Å². The molecule has 0 amide bonds. The molecule has 8 heteroatoms. The van der Waals surface area contributed by atoms with Crippen LogP contribution >= 0.6 is 0 Å². The molecular weight excluding hydrogens is 324 g/mol. The molecule has 1 fully saturated rings. The van der Waals surface area contributed by atoms with Crippen molar-refractivity contribution < 1.29 is 20.1 Å². The van der Waals surface area contributed by atoms with Crippen LogP contribution in [0, 0.1) is 0 Å². The summed E-state index contributed by atoms with van der Waals surface area (Å²) in [5.74, 6) is 0.314. The highest BCUT2D eigenvalue weighted by Crippen LogP contribution is 2.38. The molecule has 4 rings (SSSR count). The molecule has 1 aromatic carbocycles. The normalized spacial score (nSPS) is 26.4. The highest BCUT2D eigenvalue weighted by atomic mass is 16.6. The van der Waals surface area contributed by atoms with Gasteiger partial charge in [-0.15, -0.1) is 0 Å². The van der Waals surface area contributed by atoms with Crippen LogP contribution in [0.4, 0.5) is 5.82 Å². The number of ether oxygens (including phenoxy) is 1. The lowest BCUT2D eigenvalue weighted by molar-refractivity contribution is -0.0508. The first-order valence-electron chi connectivity index (χ1n) is 7.90. The zero-order valence-electron chi connectivity index (χ0n) is 13.2. The fourth-order valence-corrected chi connectivity index (χ4v) is 3.25. The third-order valence-corrected chi connectivity index (χ3v) is 4.51. The molecule has 0 bridgehead atoms. The summed E-state index contributed by atoms with van der Waals surface area (Å²) in [7, 11) is 0. The number of benzene rings is 1. The average Bonchev–Trinajstić information content (AvgIpc) is 3.15. The van der Waals surface area contributed by atoms with Gasteiger partial charge in [0.05, 0.1) is 12.0 Å². The van der Waals surface area contributed by atoms with Crippen LogP contribution in [0.2, 0.25) is 0 Å². The van der Waals surface area contributed by atoms with Gasteiger partial charge in [0.25, 0.3) is 0 Å². The maximum atomic E-state index is 10.3. The molecule has 130 valence electrons. The van der Waals surface area contributed by atoms with E-state index in [0.29, 0.717) is 16.9 Å². The molecule has 2 aromatic heterocycles. The van der Waals surface area contributed by atoms with E-state index in [0.717, 1.165) is 11.1 Å². The van der Waals surface area contributed by atoms with Crippen LogP contribution in [0.1, 0.15) is 6.23 Å². The number of rotatable bonds is 3. The minimum Gasteiger partial charge on any atom is -0.394 e. The van der Waals surface area contributed by atoms with Crippen LogP contribution < -0.4 is 5.73 Å². The standard InChI is InChI=1S/C17H18N4O4/c18-15-12-10(9-4-2-1-3-5-9)6-21(16(12)20-8-19-15)17-14(24)13(23)11(7-22)25-17/h1-6,8,11,13-14,17,22-24H,7H2,(H2,18,19,20)/t11-,13?,14+,17-/m1/s1.